The second-order valence-electron chi connectivity index (χ2n) is 3.34. The molecule has 1 aliphatic rings. The molecule has 2 nitrogen and oxygen atoms in total. The van der Waals surface area contributed by atoms with E-state index in [4.69, 9.17) is 39.5 Å². The fourth-order valence-corrected chi connectivity index (χ4v) is 2.41. The van der Waals surface area contributed by atoms with Crippen LogP contribution < -0.4 is 5.32 Å². The summed E-state index contributed by atoms with van der Waals surface area (Å²) in [5, 5.41) is 4.93. The maximum absolute atomic E-state index is 6.12. The first kappa shape index (κ1) is 11.5. The number of benzene rings is 1. The van der Waals surface area contributed by atoms with Crippen LogP contribution in [-0.2, 0) is 4.74 Å². The molecule has 0 saturated carbocycles. The van der Waals surface area contributed by atoms with Gasteiger partial charge < -0.3 is 10.1 Å². The first-order chi connectivity index (χ1) is 7.20. The fourth-order valence-electron chi connectivity index (χ4n) is 1.61. The normalized spacial score (nSPS) is 21.7. The van der Waals surface area contributed by atoms with Crippen LogP contribution in [0.3, 0.4) is 0 Å². The van der Waals surface area contributed by atoms with Crippen molar-refractivity contribution in [3.63, 3.8) is 0 Å². The van der Waals surface area contributed by atoms with Crippen LogP contribution in [-0.4, -0.2) is 19.8 Å². The van der Waals surface area contributed by atoms with E-state index in [0.717, 1.165) is 12.1 Å². The van der Waals surface area contributed by atoms with E-state index in [1.54, 1.807) is 12.1 Å². The molecule has 1 aromatic rings. The second kappa shape index (κ2) is 4.89. The summed E-state index contributed by atoms with van der Waals surface area (Å²) in [6.07, 6.45) is 0. The van der Waals surface area contributed by atoms with Gasteiger partial charge in [-0.3, -0.25) is 0 Å². The quantitative estimate of drug-likeness (QED) is 0.788. The molecule has 1 heterocycles. The summed E-state index contributed by atoms with van der Waals surface area (Å²) in [6.45, 7) is 2.08. The summed E-state index contributed by atoms with van der Waals surface area (Å²) in [6, 6.07) is 3.47. The van der Waals surface area contributed by atoms with E-state index in [2.05, 4.69) is 5.32 Å². The summed E-state index contributed by atoms with van der Waals surface area (Å²) in [7, 11) is 0. The zero-order chi connectivity index (χ0) is 10.8. The van der Waals surface area contributed by atoms with Crippen LogP contribution in [0.2, 0.25) is 15.1 Å². The van der Waals surface area contributed by atoms with E-state index in [-0.39, 0.29) is 6.04 Å². The van der Waals surface area contributed by atoms with Crippen LogP contribution in [0.15, 0.2) is 12.1 Å². The lowest BCUT2D eigenvalue weighted by molar-refractivity contribution is 0.0769. The predicted molar refractivity (Wildman–Crippen MR) is 63.0 cm³/mol. The van der Waals surface area contributed by atoms with Gasteiger partial charge in [0.25, 0.3) is 0 Å². The van der Waals surface area contributed by atoms with Crippen molar-refractivity contribution in [2.45, 2.75) is 6.04 Å². The monoisotopic (exact) mass is 265 g/mol. The number of morpholine rings is 1. The molecular formula is C10H10Cl3NO. The van der Waals surface area contributed by atoms with Crippen molar-refractivity contribution in [2.24, 2.45) is 0 Å². The Morgan fingerprint density at radius 1 is 1.20 bits per heavy atom. The number of ether oxygens (including phenoxy) is 1. The topological polar surface area (TPSA) is 21.3 Å². The van der Waals surface area contributed by atoms with Gasteiger partial charge in [-0.15, -0.1) is 0 Å². The molecular weight excluding hydrogens is 256 g/mol. The molecule has 82 valence electrons. The van der Waals surface area contributed by atoms with Crippen molar-refractivity contribution in [2.75, 3.05) is 19.8 Å². The number of halogens is 3. The first-order valence-electron chi connectivity index (χ1n) is 4.64. The molecule has 0 aromatic heterocycles. The Balaban J connectivity index is 2.36. The largest absolute Gasteiger partial charge is 0.378 e. The van der Waals surface area contributed by atoms with Crippen molar-refractivity contribution in [3.05, 3.63) is 32.8 Å². The molecule has 1 saturated heterocycles. The van der Waals surface area contributed by atoms with Crippen molar-refractivity contribution in [3.8, 4) is 0 Å². The molecule has 15 heavy (non-hydrogen) atoms. The minimum absolute atomic E-state index is 0.0254. The lowest BCUT2D eigenvalue weighted by Gasteiger charge is -2.26. The molecule has 5 heteroatoms. The van der Waals surface area contributed by atoms with E-state index in [0.29, 0.717) is 28.3 Å². The number of rotatable bonds is 1. The minimum Gasteiger partial charge on any atom is -0.378 e. The maximum Gasteiger partial charge on any atom is 0.0663 e. The van der Waals surface area contributed by atoms with Gasteiger partial charge in [-0.1, -0.05) is 34.8 Å². The van der Waals surface area contributed by atoms with Crippen LogP contribution in [0.5, 0.6) is 0 Å². The Hall–Kier alpha value is 0.01000. The lowest BCUT2D eigenvalue weighted by Crippen LogP contribution is -2.34. The molecule has 1 fully saturated rings. The van der Waals surface area contributed by atoms with Crippen molar-refractivity contribution >= 4 is 34.8 Å². The number of nitrogens with one attached hydrogen (secondary N) is 1. The third kappa shape index (κ3) is 2.40. The standard InChI is InChI=1S/C10H10Cl3NO/c11-6-1-2-7(12)10(13)9(6)8-5-15-4-3-14-8/h1-2,8,14H,3-5H2/t8-/m0/s1. The van der Waals surface area contributed by atoms with Gasteiger partial charge in [-0.05, 0) is 12.1 Å². The summed E-state index contributed by atoms with van der Waals surface area (Å²) in [5.41, 5.74) is 0.825. The van der Waals surface area contributed by atoms with Gasteiger partial charge in [0.1, 0.15) is 0 Å². The van der Waals surface area contributed by atoms with E-state index in [9.17, 15) is 0 Å². The average Bonchev–Trinajstić information content (AvgIpc) is 2.26. The van der Waals surface area contributed by atoms with Gasteiger partial charge in [-0.2, -0.15) is 0 Å². The molecule has 1 aromatic carbocycles. The highest BCUT2D eigenvalue weighted by atomic mass is 35.5. The van der Waals surface area contributed by atoms with Gasteiger partial charge in [0.2, 0.25) is 0 Å². The summed E-state index contributed by atoms with van der Waals surface area (Å²) >= 11 is 18.2. The van der Waals surface area contributed by atoms with E-state index in [1.165, 1.54) is 0 Å². The molecule has 0 aliphatic carbocycles. The Labute approximate surface area is 103 Å². The van der Waals surface area contributed by atoms with Gasteiger partial charge in [-0.25, -0.2) is 0 Å². The van der Waals surface area contributed by atoms with E-state index < -0.39 is 0 Å². The molecule has 1 N–H and O–H groups in total. The molecule has 0 radical (unpaired) electrons. The van der Waals surface area contributed by atoms with Crippen LogP contribution >= 0.6 is 34.8 Å². The lowest BCUT2D eigenvalue weighted by atomic mass is 10.1. The fraction of sp³-hybridized carbons (Fsp3) is 0.400. The van der Waals surface area contributed by atoms with E-state index in [1.807, 2.05) is 0 Å². The predicted octanol–water partition coefficient (Wildman–Crippen LogP) is 3.31. The van der Waals surface area contributed by atoms with Gasteiger partial charge in [0, 0.05) is 17.1 Å². The SMILES string of the molecule is Clc1ccc(Cl)c([C@@H]2COCCN2)c1Cl. The van der Waals surface area contributed by atoms with Gasteiger partial charge in [0.05, 0.1) is 29.3 Å². The molecule has 2 rings (SSSR count). The smallest absolute Gasteiger partial charge is 0.0663 e. The summed E-state index contributed by atoms with van der Waals surface area (Å²) < 4.78 is 5.36. The minimum atomic E-state index is 0.0254. The average molecular weight is 267 g/mol. The number of hydrogen-bond donors (Lipinski definition) is 1. The maximum atomic E-state index is 6.12. The molecule has 1 aliphatic heterocycles. The van der Waals surface area contributed by atoms with Crippen LogP contribution in [0, 0.1) is 0 Å². The summed E-state index contributed by atoms with van der Waals surface area (Å²) in [4.78, 5) is 0. The third-order valence-corrected chi connectivity index (χ3v) is 3.50. The molecule has 0 amide bonds. The Morgan fingerprint density at radius 2 is 1.93 bits per heavy atom. The van der Waals surface area contributed by atoms with E-state index >= 15 is 0 Å². The highest BCUT2D eigenvalue weighted by molar-refractivity contribution is 6.44. The molecule has 0 spiro atoms. The molecule has 0 unspecified atom stereocenters. The van der Waals surface area contributed by atoms with Crippen LogP contribution in [0.25, 0.3) is 0 Å². The molecule has 0 bridgehead atoms. The second-order valence-corrected chi connectivity index (χ2v) is 4.53. The Kier molecular flexibility index (Phi) is 3.75. The highest BCUT2D eigenvalue weighted by Crippen LogP contribution is 2.36. The Morgan fingerprint density at radius 3 is 2.60 bits per heavy atom. The van der Waals surface area contributed by atoms with Crippen molar-refractivity contribution in [1.82, 2.24) is 5.32 Å². The highest BCUT2D eigenvalue weighted by Gasteiger charge is 2.21. The zero-order valence-corrected chi connectivity index (χ0v) is 10.2. The van der Waals surface area contributed by atoms with Crippen LogP contribution in [0.1, 0.15) is 11.6 Å². The van der Waals surface area contributed by atoms with Crippen molar-refractivity contribution < 1.29 is 4.74 Å². The summed E-state index contributed by atoms with van der Waals surface area (Å²) in [5.74, 6) is 0. The van der Waals surface area contributed by atoms with Crippen molar-refractivity contribution in [1.29, 1.82) is 0 Å². The van der Waals surface area contributed by atoms with Crippen LogP contribution in [0.4, 0.5) is 0 Å². The first-order valence-corrected chi connectivity index (χ1v) is 5.78. The molecule has 1 atom stereocenters. The van der Waals surface area contributed by atoms with Gasteiger partial charge in [0.15, 0.2) is 0 Å². The van der Waals surface area contributed by atoms with Gasteiger partial charge >= 0.3 is 0 Å². The Bertz CT molecular complexity index is 364. The number of hydrogen-bond acceptors (Lipinski definition) is 2. The third-order valence-electron chi connectivity index (χ3n) is 2.35. The zero-order valence-electron chi connectivity index (χ0n) is 7.90.